The van der Waals surface area contributed by atoms with Gasteiger partial charge in [0.2, 0.25) is 22.6 Å². The summed E-state index contributed by atoms with van der Waals surface area (Å²) < 4.78 is 43.7. The van der Waals surface area contributed by atoms with E-state index in [4.69, 9.17) is 20.4 Å². The first-order chi connectivity index (χ1) is 37.7. The van der Waals surface area contributed by atoms with Crippen molar-refractivity contribution in [1.82, 2.24) is 39.5 Å². The Balaban J connectivity index is 0.000000176. The van der Waals surface area contributed by atoms with Gasteiger partial charge in [-0.05, 0) is 118 Å². The van der Waals surface area contributed by atoms with Gasteiger partial charge in [-0.3, -0.25) is 29.4 Å². The van der Waals surface area contributed by atoms with Gasteiger partial charge in [-0.2, -0.15) is 10.2 Å². The summed E-state index contributed by atoms with van der Waals surface area (Å²) in [5.41, 5.74) is 10.7. The Bertz CT molecular complexity index is 4480. The first-order valence-electron chi connectivity index (χ1n) is 24.7. The summed E-state index contributed by atoms with van der Waals surface area (Å²) in [5, 5.41) is 20.0. The fraction of sp³-hybridized carbons (Fsp3) is 0.133. The maximum atomic E-state index is 14.2. The van der Waals surface area contributed by atoms with Gasteiger partial charge in [-0.1, -0.05) is 61.5 Å². The average Bonchev–Trinajstić information content (AvgIpc) is 4.30. The van der Waals surface area contributed by atoms with E-state index in [1.807, 2.05) is 88.4 Å². The molecule has 0 spiro atoms. The molecule has 0 aliphatic carbocycles. The van der Waals surface area contributed by atoms with Gasteiger partial charge >= 0.3 is 0 Å². The molecule has 4 N–H and O–H groups in total. The molecular formula is C60H49ClF2N10O6. The lowest BCUT2D eigenvalue weighted by atomic mass is 10.1. The van der Waals surface area contributed by atoms with E-state index >= 15 is 0 Å². The van der Waals surface area contributed by atoms with Crippen LogP contribution < -0.4 is 21.5 Å². The number of carbonyl (C=O) groups excluding carboxylic acids is 2. The highest BCUT2D eigenvalue weighted by atomic mass is 35.5. The minimum absolute atomic E-state index is 0. The molecule has 12 aromatic rings. The van der Waals surface area contributed by atoms with Crippen molar-refractivity contribution in [2.75, 3.05) is 10.6 Å². The molecule has 0 aliphatic rings. The van der Waals surface area contributed by atoms with Crippen molar-refractivity contribution in [2.45, 2.75) is 55.1 Å². The maximum Gasteiger partial charge on any atom is 0.261 e. The lowest BCUT2D eigenvalue weighted by Crippen LogP contribution is -2.24. The summed E-state index contributed by atoms with van der Waals surface area (Å²) in [5.74, 6) is -1.48. The number of nitrogens with zero attached hydrogens (tertiary/aromatic N) is 6. The number of oxazole rings is 2. The Labute approximate surface area is 453 Å². The molecule has 0 radical (unpaired) electrons. The number of fused-ring (bicyclic) bond motifs is 4. The molecule has 0 saturated heterocycles. The number of pyridine rings is 2. The number of carbonyl (C=O) groups is 2. The first kappa shape index (κ1) is 52.6. The van der Waals surface area contributed by atoms with Crippen molar-refractivity contribution < 1.29 is 27.2 Å². The molecule has 12 rings (SSSR count). The number of aromatic amines is 2. The third-order valence-electron chi connectivity index (χ3n) is 13.4. The van der Waals surface area contributed by atoms with Crippen LogP contribution in [0.5, 0.6) is 0 Å². The SMILES string of the molecule is C.CCn1cc(C(=O)Nc2ccc(-c3[nH]ncc3-c3nc4c(C)cccc4o3)cc2)c(=O)c2cc(F)c(C)cc21.CCn1cc(C(=O)Nc2ccc(-c3[nH]ncc3-c3nc4cc(C)ccc4o3)cc2)c(=O)c2cc(F)c(Cl)cc21. The van der Waals surface area contributed by atoms with E-state index < -0.39 is 34.3 Å². The van der Waals surface area contributed by atoms with Crippen molar-refractivity contribution in [2.24, 2.45) is 0 Å². The van der Waals surface area contributed by atoms with Crippen LogP contribution in [0.4, 0.5) is 20.2 Å². The Morgan fingerprint density at radius 1 is 0.620 bits per heavy atom. The number of benzene rings is 6. The predicted molar refractivity (Wildman–Crippen MR) is 304 cm³/mol. The molecule has 396 valence electrons. The Morgan fingerprint density at radius 3 is 1.68 bits per heavy atom. The Hall–Kier alpha value is -9.81. The van der Waals surface area contributed by atoms with Gasteiger partial charge in [-0.15, -0.1) is 0 Å². The molecule has 0 unspecified atom stereocenters. The number of H-pyrrole nitrogens is 2. The van der Waals surface area contributed by atoms with Crippen LogP contribution in [0.25, 0.3) is 89.4 Å². The standard InChI is InChI=1S/C30H24FN5O3.C29H21ClFN5O3.CH4/c1-4-36-15-22(28(37)20-13-23(31)17(3)12-24(20)36)29(38)33-19-10-8-18(9-11-19)27-21(14-32-35-27)30-34-26-16(2)6-5-7-25(26)39-30;1-3-36-14-20(27(37)18-11-22(31)21(30)12-24(18)36)28(38)33-17-7-5-16(6-8-17)26-19(13-32-35-26)29-34-23-10-15(2)4-9-25(23)39-29;/h5-15H,4H2,1-3H3,(H,32,35)(H,33,38);4-14H,3H2,1-2H3,(H,32,35)(H,33,38);1H4. The van der Waals surface area contributed by atoms with Crippen LogP contribution in [-0.2, 0) is 13.1 Å². The van der Waals surface area contributed by atoms with E-state index in [1.165, 1.54) is 24.5 Å². The van der Waals surface area contributed by atoms with Gasteiger partial charge in [0.15, 0.2) is 11.2 Å². The fourth-order valence-corrected chi connectivity index (χ4v) is 9.43. The summed E-state index contributed by atoms with van der Waals surface area (Å²) >= 11 is 5.91. The van der Waals surface area contributed by atoms with Gasteiger partial charge in [0.25, 0.3) is 11.8 Å². The highest BCUT2D eigenvalue weighted by Gasteiger charge is 2.22. The molecule has 0 saturated carbocycles. The Kier molecular flexibility index (Phi) is 14.2. The zero-order chi connectivity index (χ0) is 54.5. The second-order valence-electron chi connectivity index (χ2n) is 18.5. The Morgan fingerprint density at radius 2 is 1.14 bits per heavy atom. The highest BCUT2D eigenvalue weighted by molar-refractivity contribution is 6.31. The number of aromatic nitrogens is 8. The van der Waals surface area contributed by atoms with Crippen molar-refractivity contribution in [3.63, 3.8) is 0 Å². The first-order valence-corrected chi connectivity index (χ1v) is 25.0. The number of hydrogen-bond donors (Lipinski definition) is 4. The van der Waals surface area contributed by atoms with Crippen LogP contribution in [0.2, 0.25) is 5.02 Å². The van der Waals surface area contributed by atoms with E-state index in [0.29, 0.717) is 80.8 Å². The second-order valence-corrected chi connectivity index (χ2v) is 18.9. The predicted octanol–water partition coefficient (Wildman–Crippen LogP) is 13.4. The number of para-hydroxylation sites is 1. The molecule has 16 nitrogen and oxygen atoms in total. The van der Waals surface area contributed by atoms with E-state index in [2.05, 4.69) is 41.0 Å². The fourth-order valence-electron chi connectivity index (χ4n) is 9.27. The molecule has 79 heavy (non-hydrogen) atoms. The lowest BCUT2D eigenvalue weighted by molar-refractivity contribution is 0.101. The molecule has 0 atom stereocenters. The van der Waals surface area contributed by atoms with Crippen LogP contribution in [0, 0.1) is 32.4 Å². The van der Waals surface area contributed by atoms with Gasteiger partial charge in [0.05, 0.1) is 51.0 Å². The molecular weight excluding hydrogens is 1030 g/mol. The number of anilines is 2. The highest BCUT2D eigenvalue weighted by Crippen LogP contribution is 2.35. The average molecular weight is 1080 g/mol. The number of halogens is 3. The van der Waals surface area contributed by atoms with Crippen LogP contribution in [-0.4, -0.2) is 51.3 Å². The van der Waals surface area contributed by atoms with E-state index in [0.717, 1.165) is 45.0 Å². The molecule has 6 aromatic heterocycles. The zero-order valence-corrected chi connectivity index (χ0v) is 43.1. The van der Waals surface area contributed by atoms with E-state index in [9.17, 15) is 28.0 Å². The van der Waals surface area contributed by atoms with Crippen LogP contribution in [0.15, 0.2) is 152 Å². The van der Waals surface area contributed by atoms with E-state index in [1.54, 1.807) is 58.8 Å². The molecule has 6 heterocycles. The second kappa shape index (κ2) is 21.3. The summed E-state index contributed by atoms with van der Waals surface area (Å²) in [6, 6.07) is 31.0. The van der Waals surface area contributed by atoms with Crippen LogP contribution in [0.3, 0.4) is 0 Å². The topological polar surface area (TPSA) is 212 Å². The van der Waals surface area contributed by atoms with Crippen molar-refractivity contribution in [3.8, 4) is 45.4 Å². The molecule has 0 fully saturated rings. The minimum atomic E-state index is -0.719. The van der Waals surface area contributed by atoms with Crippen LogP contribution >= 0.6 is 11.6 Å². The monoisotopic (exact) mass is 1080 g/mol. The van der Waals surface area contributed by atoms with Gasteiger partial charge in [0.1, 0.15) is 33.8 Å². The molecule has 19 heteroatoms. The van der Waals surface area contributed by atoms with Crippen LogP contribution in [0.1, 0.15) is 58.7 Å². The normalized spacial score (nSPS) is 11.2. The smallest absolute Gasteiger partial charge is 0.261 e. The number of rotatable bonds is 10. The number of hydrogen-bond acceptors (Lipinski definition) is 10. The third-order valence-corrected chi connectivity index (χ3v) is 13.7. The molecule has 2 amide bonds. The van der Waals surface area contributed by atoms with Crippen molar-refractivity contribution in [1.29, 1.82) is 0 Å². The number of amides is 2. The summed E-state index contributed by atoms with van der Waals surface area (Å²) in [4.78, 5) is 61.6. The minimum Gasteiger partial charge on any atom is -0.436 e. The van der Waals surface area contributed by atoms with Gasteiger partial charge in [0, 0.05) is 58.8 Å². The largest absolute Gasteiger partial charge is 0.436 e. The molecule has 0 aliphatic heterocycles. The van der Waals surface area contributed by atoms with Crippen molar-refractivity contribution in [3.05, 3.63) is 199 Å². The number of nitrogens with one attached hydrogen (secondary N) is 4. The van der Waals surface area contributed by atoms with Gasteiger partial charge in [-0.25, -0.2) is 18.7 Å². The summed E-state index contributed by atoms with van der Waals surface area (Å²) in [6.45, 7) is 10.3. The van der Waals surface area contributed by atoms with Crippen molar-refractivity contribution >= 4 is 78.8 Å². The maximum absolute atomic E-state index is 14.2. The third kappa shape index (κ3) is 9.96. The van der Waals surface area contributed by atoms with E-state index in [-0.39, 0.29) is 34.3 Å². The quantitative estimate of drug-likeness (QED) is 0.102. The summed E-state index contributed by atoms with van der Waals surface area (Å²) in [7, 11) is 0. The lowest BCUT2D eigenvalue weighted by Gasteiger charge is -2.13. The zero-order valence-electron chi connectivity index (χ0n) is 42.4. The summed E-state index contributed by atoms with van der Waals surface area (Å²) in [6.07, 6.45) is 6.29. The molecule has 6 aromatic carbocycles. The molecule has 0 bridgehead atoms. The van der Waals surface area contributed by atoms with Gasteiger partial charge < -0.3 is 28.6 Å². The number of aryl methyl sites for hydroxylation is 5.